The number of anilines is 1. The summed E-state index contributed by atoms with van der Waals surface area (Å²) in [5.41, 5.74) is 1.67. The molecule has 0 saturated heterocycles. The summed E-state index contributed by atoms with van der Waals surface area (Å²) < 4.78 is 0.821. The van der Waals surface area contributed by atoms with Crippen LogP contribution in [0, 0.1) is 6.92 Å². The fourth-order valence-electron chi connectivity index (χ4n) is 1.28. The van der Waals surface area contributed by atoms with Crippen molar-refractivity contribution in [3.8, 4) is 0 Å². The van der Waals surface area contributed by atoms with E-state index < -0.39 is 12.1 Å². The molecule has 0 fully saturated rings. The first-order chi connectivity index (χ1) is 7.90. The van der Waals surface area contributed by atoms with Gasteiger partial charge in [0.15, 0.2) is 0 Å². The molecule has 6 heteroatoms. The molecule has 0 spiro atoms. The van der Waals surface area contributed by atoms with Crippen LogP contribution in [0.2, 0.25) is 5.02 Å². The second-order valence-corrected chi connectivity index (χ2v) is 4.98. The summed E-state index contributed by atoms with van der Waals surface area (Å²) in [7, 11) is 0. The van der Waals surface area contributed by atoms with Crippen LogP contribution in [0.3, 0.4) is 0 Å². The standard InChI is InChI=1S/C11H13BrClNO3/c1-6-2-8(12)10(4-9(6)13)14-5-7(15)3-11(16)17/h2,4,7,14-15H,3,5H2,1H3,(H,16,17). The molecular formula is C11H13BrClNO3. The summed E-state index contributed by atoms with van der Waals surface area (Å²) in [5, 5.41) is 21.5. The molecule has 0 aliphatic carbocycles. The van der Waals surface area contributed by atoms with E-state index in [1.54, 1.807) is 6.07 Å². The fourth-order valence-corrected chi connectivity index (χ4v) is 2.04. The van der Waals surface area contributed by atoms with E-state index in [1.165, 1.54) is 0 Å². The Bertz CT molecular complexity index is 425. The van der Waals surface area contributed by atoms with Gasteiger partial charge in [0.1, 0.15) is 0 Å². The van der Waals surface area contributed by atoms with E-state index >= 15 is 0 Å². The Morgan fingerprint density at radius 2 is 2.24 bits per heavy atom. The van der Waals surface area contributed by atoms with Crippen molar-refractivity contribution in [1.29, 1.82) is 0 Å². The van der Waals surface area contributed by atoms with Gasteiger partial charge in [-0.05, 0) is 40.5 Å². The highest BCUT2D eigenvalue weighted by Crippen LogP contribution is 2.29. The Balaban J connectivity index is 2.63. The molecule has 0 aliphatic rings. The second-order valence-electron chi connectivity index (χ2n) is 3.71. The smallest absolute Gasteiger partial charge is 0.306 e. The number of benzene rings is 1. The first-order valence-electron chi connectivity index (χ1n) is 4.99. The molecule has 0 amide bonds. The molecule has 0 bridgehead atoms. The van der Waals surface area contributed by atoms with Crippen LogP contribution in [0.15, 0.2) is 16.6 Å². The Labute approximate surface area is 113 Å². The van der Waals surface area contributed by atoms with Crippen LogP contribution in [0.1, 0.15) is 12.0 Å². The van der Waals surface area contributed by atoms with E-state index in [0.717, 1.165) is 15.7 Å². The SMILES string of the molecule is Cc1cc(Br)c(NCC(O)CC(=O)O)cc1Cl. The van der Waals surface area contributed by atoms with Crippen molar-refractivity contribution in [3.05, 3.63) is 27.2 Å². The largest absolute Gasteiger partial charge is 0.481 e. The maximum atomic E-state index is 10.4. The molecule has 0 radical (unpaired) electrons. The van der Waals surface area contributed by atoms with Gasteiger partial charge >= 0.3 is 5.97 Å². The topological polar surface area (TPSA) is 69.6 Å². The highest BCUT2D eigenvalue weighted by Gasteiger charge is 2.10. The lowest BCUT2D eigenvalue weighted by molar-refractivity contribution is -0.138. The van der Waals surface area contributed by atoms with Crippen molar-refractivity contribution in [1.82, 2.24) is 0 Å². The molecule has 1 atom stereocenters. The number of halogens is 2. The summed E-state index contributed by atoms with van der Waals surface area (Å²) in [4.78, 5) is 10.4. The van der Waals surface area contributed by atoms with Crippen molar-refractivity contribution < 1.29 is 15.0 Å². The number of aliphatic carboxylic acids is 1. The molecule has 1 aromatic carbocycles. The van der Waals surface area contributed by atoms with E-state index in [2.05, 4.69) is 21.2 Å². The number of aryl methyl sites for hydroxylation is 1. The molecule has 1 unspecified atom stereocenters. The third-order valence-electron chi connectivity index (χ3n) is 2.19. The maximum Gasteiger partial charge on any atom is 0.306 e. The van der Waals surface area contributed by atoms with Crippen molar-refractivity contribution in [2.45, 2.75) is 19.4 Å². The minimum atomic E-state index is -1.03. The Hall–Kier alpha value is -0.780. The Morgan fingerprint density at radius 1 is 1.59 bits per heavy atom. The monoisotopic (exact) mass is 321 g/mol. The lowest BCUT2D eigenvalue weighted by atomic mass is 10.2. The predicted molar refractivity (Wildman–Crippen MR) is 70.6 cm³/mol. The molecular weight excluding hydrogens is 309 g/mol. The van der Waals surface area contributed by atoms with Gasteiger partial charge in [0.2, 0.25) is 0 Å². The van der Waals surface area contributed by atoms with Gasteiger partial charge in [0, 0.05) is 16.0 Å². The number of aliphatic hydroxyl groups is 1. The van der Waals surface area contributed by atoms with Gasteiger partial charge in [-0.1, -0.05) is 11.6 Å². The summed E-state index contributed by atoms with van der Waals surface area (Å²) in [6.07, 6.45) is -1.22. The first-order valence-corrected chi connectivity index (χ1v) is 6.16. The minimum Gasteiger partial charge on any atom is -0.481 e. The molecule has 0 heterocycles. The van der Waals surface area contributed by atoms with Crippen molar-refractivity contribution in [2.24, 2.45) is 0 Å². The van der Waals surface area contributed by atoms with E-state index in [4.69, 9.17) is 16.7 Å². The van der Waals surface area contributed by atoms with Crippen molar-refractivity contribution >= 4 is 39.2 Å². The number of hydrogen-bond donors (Lipinski definition) is 3. The number of nitrogens with one attached hydrogen (secondary N) is 1. The summed E-state index contributed by atoms with van der Waals surface area (Å²) in [5.74, 6) is -1.03. The van der Waals surface area contributed by atoms with Crippen molar-refractivity contribution in [3.63, 3.8) is 0 Å². The fraction of sp³-hybridized carbons (Fsp3) is 0.364. The molecule has 1 aromatic rings. The molecule has 3 N–H and O–H groups in total. The van der Waals surface area contributed by atoms with Gasteiger partial charge in [-0.3, -0.25) is 4.79 Å². The third-order valence-corrected chi connectivity index (χ3v) is 3.25. The van der Waals surface area contributed by atoms with Crippen LogP contribution >= 0.6 is 27.5 Å². The van der Waals surface area contributed by atoms with E-state index in [1.807, 2.05) is 13.0 Å². The number of aliphatic hydroxyl groups excluding tert-OH is 1. The average molecular weight is 323 g/mol. The zero-order chi connectivity index (χ0) is 13.0. The number of carbonyl (C=O) groups is 1. The maximum absolute atomic E-state index is 10.4. The lowest BCUT2D eigenvalue weighted by Gasteiger charge is -2.13. The minimum absolute atomic E-state index is 0.157. The molecule has 0 saturated carbocycles. The van der Waals surface area contributed by atoms with Gasteiger partial charge in [0.25, 0.3) is 0 Å². The molecule has 94 valence electrons. The van der Waals surface area contributed by atoms with Crippen LogP contribution in [0.25, 0.3) is 0 Å². The third kappa shape index (κ3) is 4.53. The number of carboxylic acids is 1. The Kier molecular flexibility index (Phi) is 5.24. The van der Waals surface area contributed by atoms with E-state index in [9.17, 15) is 9.90 Å². The van der Waals surface area contributed by atoms with Crippen LogP contribution in [-0.4, -0.2) is 28.8 Å². The number of rotatable bonds is 5. The molecule has 1 rings (SSSR count). The highest BCUT2D eigenvalue weighted by atomic mass is 79.9. The summed E-state index contributed by atoms with van der Waals surface area (Å²) in [6.45, 7) is 2.04. The zero-order valence-corrected chi connectivity index (χ0v) is 11.5. The average Bonchev–Trinajstić information content (AvgIpc) is 2.20. The van der Waals surface area contributed by atoms with E-state index in [-0.39, 0.29) is 13.0 Å². The van der Waals surface area contributed by atoms with Gasteiger partial charge in [-0.15, -0.1) is 0 Å². The summed E-state index contributed by atoms with van der Waals surface area (Å²) >= 11 is 9.33. The predicted octanol–water partition coefficient (Wildman–Crippen LogP) is 2.66. The van der Waals surface area contributed by atoms with Gasteiger partial charge < -0.3 is 15.5 Å². The molecule has 17 heavy (non-hydrogen) atoms. The van der Waals surface area contributed by atoms with Gasteiger partial charge in [-0.2, -0.15) is 0 Å². The number of hydrogen-bond acceptors (Lipinski definition) is 3. The molecule has 0 aliphatic heterocycles. The normalized spacial score (nSPS) is 12.2. The van der Waals surface area contributed by atoms with Crippen LogP contribution in [-0.2, 0) is 4.79 Å². The van der Waals surface area contributed by atoms with Gasteiger partial charge in [0.05, 0.1) is 18.2 Å². The second kappa shape index (κ2) is 6.23. The lowest BCUT2D eigenvalue weighted by Crippen LogP contribution is -2.22. The highest BCUT2D eigenvalue weighted by molar-refractivity contribution is 9.10. The molecule has 4 nitrogen and oxygen atoms in total. The zero-order valence-electron chi connectivity index (χ0n) is 9.20. The molecule has 0 aromatic heterocycles. The quantitative estimate of drug-likeness (QED) is 0.779. The first kappa shape index (κ1) is 14.3. The van der Waals surface area contributed by atoms with E-state index in [0.29, 0.717) is 5.02 Å². The number of carboxylic acid groups (broad SMARTS) is 1. The van der Waals surface area contributed by atoms with Gasteiger partial charge in [-0.25, -0.2) is 0 Å². The summed E-state index contributed by atoms with van der Waals surface area (Å²) in [6, 6.07) is 3.59. The Morgan fingerprint density at radius 3 is 2.82 bits per heavy atom. The van der Waals surface area contributed by atoms with Crippen LogP contribution < -0.4 is 5.32 Å². The van der Waals surface area contributed by atoms with Crippen LogP contribution in [0.5, 0.6) is 0 Å². The van der Waals surface area contributed by atoms with Crippen LogP contribution in [0.4, 0.5) is 5.69 Å². The van der Waals surface area contributed by atoms with Crippen molar-refractivity contribution in [2.75, 3.05) is 11.9 Å².